The molecule has 0 unspecified atom stereocenters. The number of thiocarbonyl (C=S) groups is 1. The molecule has 1 fully saturated rings. The van der Waals surface area contributed by atoms with Gasteiger partial charge in [0, 0.05) is 28.7 Å². The second kappa shape index (κ2) is 9.73. The molecule has 0 spiro atoms. The standard InChI is InChI=1S/C33H32N4S/c1-21(2)24-15-17-26(18-16-24)37-32(31(35-33(37)38)29-13-7-8-19-34-29)28-20-22(3)36(23(28)4)30-14-9-11-25-10-5-6-12-27(25)30/h5-21,31-32H,1-4H3,(H,35,38)/t31-,32-/m1/s1. The Morgan fingerprint density at radius 1 is 0.868 bits per heavy atom. The topological polar surface area (TPSA) is 33.1 Å². The van der Waals surface area contributed by atoms with E-state index in [0.29, 0.717) is 5.92 Å². The van der Waals surface area contributed by atoms with Gasteiger partial charge in [-0.1, -0.05) is 68.4 Å². The maximum absolute atomic E-state index is 5.98. The van der Waals surface area contributed by atoms with Crippen LogP contribution in [0.5, 0.6) is 0 Å². The molecule has 2 aromatic heterocycles. The lowest BCUT2D eigenvalue weighted by atomic mass is 9.96. The molecule has 1 saturated heterocycles. The maximum Gasteiger partial charge on any atom is 0.174 e. The number of pyridine rings is 1. The minimum absolute atomic E-state index is 0.0442. The van der Waals surface area contributed by atoms with E-state index in [2.05, 4.69) is 121 Å². The van der Waals surface area contributed by atoms with E-state index in [1.165, 1.54) is 39.0 Å². The second-order valence-electron chi connectivity index (χ2n) is 10.4. The fourth-order valence-corrected chi connectivity index (χ4v) is 6.18. The number of nitrogens with zero attached hydrogens (tertiary/aromatic N) is 3. The first-order valence-electron chi connectivity index (χ1n) is 13.2. The average Bonchev–Trinajstić information content (AvgIpc) is 3.43. The summed E-state index contributed by atoms with van der Waals surface area (Å²) in [6, 6.07) is 32.2. The van der Waals surface area contributed by atoms with Crippen molar-refractivity contribution in [2.24, 2.45) is 0 Å². The van der Waals surface area contributed by atoms with E-state index in [1.807, 2.05) is 18.3 Å². The van der Waals surface area contributed by atoms with Crippen LogP contribution in [0.2, 0.25) is 0 Å². The molecule has 0 amide bonds. The Labute approximate surface area is 230 Å². The van der Waals surface area contributed by atoms with Gasteiger partial charge in [-0.15, -0.1) is 0 Å². The van der Waals surface area contributed by atoms with Gasteiger partial charge in [0.25, 0.3) is 0 Å². The van der Waals surface area contributed by atoms with Crippen molar-refractivity contribution < 1.29 is 0 Å². The number of hydrogen-bond donors (Lipinski definition) is 1. The number of anilines is 1. The van der Waals surface area contributed by atoms with Crippen LogP contribution in [0.1, 0.15) is 60.1 Å². The van der Waals surface area contributed by atoms with E-state index in [9.17, 15) is 0 Å². The van der Waals surface area contributed by atoms with Gasteiger partial charge in [-0.25, -0.2) is 0 Å². The van der Waals surface area contributed by atoms with Gasteiger partial charge >= 0.3 is 0 Å². The third-order valence-corrected chi connectivity index (χ3v) is 8.05. The van der Waals surface area contributed by atoms with Crippen LogP contribution in [0.3, 0.4) is 0 Å². The van der Waals surface area contributed by atoms with Crippen LogP contribution in [0.4, 0.5) is 5.69 Å². The normalized spacial score (nSPS) is 17.4. The predicted octanol–water partition coefficient (Wildman–Crippen LogP) is 7.94. The zero-order valence-corrected chi connectivity index (χ0v) is 23.0. The molecule has 190 valence electrons. The van der Waals surface area contributed by atoms with Crippen molar-refractivity contribution in [3.8, 4) is 5.69 Å². The summed E-state index contributed by atoms with van der Waals surface area (Å²) in [5, 5.41) is 6.81. The van der Waals surface area contributed by atoms with E-state index in [4.69, 9.17) is 17.2 Å². The minimum Gasteiger partial charge on any atom is -0.351 e. The number of rotatable bonds is 5. The number of aromatic nitrogens is 2. The Kier molecular flexibility index (Phi) is 6.24. The smallest absolute Gasteiger partial charge is 0.174 e. The summed E-state index contributed by atoms with van der Waals surface area (Å²) < 4.78 is 2.38. The maximum atomic E-state index is 5.98. The summed E-state index contributed by atoms with van der Waals surface area (Å²) in [6.07, 6.45) is 1.86. The zero-order chi connectivity index (χ0) is 26.4. The largest absolute Gasteiger partial charge is 0.351 e. The molecule has 0 saturated carbocycles. The monoisotopic (exact) mass is 516 g/mol. The van der Waals surface area contributed by atoms with Crippen molar-refractivity contribution in [1.29, 1.82) is 0 Å². The van der Waals surface area contributed by atoms with E-state index < -0.39 is 0 Å². The Morgan fingerprint density at radius 2 is 1.61 bits per heavy atom. The molecule has 5 aromatic rings. The van der Waals surface area contributed by atoms with Crippen molar-refractivity contribution in [3.05, 3.63) is 125 Å². The van der Waals surface area contributed by atoms with Crippen LogP contribution >= 0.6 is 12.2 Å². The Balaban J connectivity index is 1.52. The molecule has 0 bridgehead atoms. The van der Waals surface area contributed by atoms with Crippen LogP contribution in [-0.4, -0.2) is 14.7 Å². The SMILES string of the molecule is Cc1cc([C@@H]2[C@@H](c3ccccn3)NC(=S)N2c2ccc(C(C)C)cc2)c(C)n1-c1cccc2ccccc12. The third-order valence-electron chi connectivity index (χ3n) is 7.73. The van der Waals surface area contributed by atoms with E-state index in [1.54, 1.807) is 0 Å². The van der Waals surface area contributed by atoms with Gasteiger partial charge in [0.15, 0.2) is 5.11 Å². The average molecular weight is 517 g/mol. The highest BCUT2D eigenvalue weighted by atomic mass is 32.1. The molecule has 1 aliphatic rings. The molecular formula is C33H32N4S. The van der Waals surface area contributed by atoms with Gasteiger partial charge in [0.2, 0.25) is 0 Å². The summed E-state index contributed by atoms with van der Waals surface area (Å²) >= 11 is 5.98. The number of benzene rings is 3. The van der Waals surface area contributed by atoms with Gasteiger partial charge in [-0.3, -0.25) is 4.98 Å². The molecule has 4 nitrogen and oxygen atoms in total. The molecule has 2 atom stereocenters. The highest BCUT2D eigenvalue weighted by Crippen LogP contribution is 2.44. The van der Waals surface area contributed by atoms with Gasteiger partial charge in [-0.2, -0.15) is 0 Å². The molecular weight excluding hydrogens is 484 g/mol. The molecule has 1 aliphatic heterocycles. The first-order chi connectivity index (χ1) is 18.4. The van der Waals surface area contributed by atoms with Crippen LogP contribution in [-0.2, 0) is 0 Å². The molecule has 1 N–H and O–H groups in total. The predicted molar refractivity (Wildman–Crippen MR) is 161 cm³/mol. The van der Waals surface area contributed by atoms with Crippen molar-refractivity contribution in [1.82, 2.24) is 14.9 Å². The number of hydrogen-bond acceptors (Lipinski definition) is 2. The van der Waals surface area contributed by atoms with Gasteiger partial charge in [0.1, 0.15) is 0 Å². The minimum atomic E-state index is -0.0741. The number of nitrogens with one attached hydrogen (secondary N) is 1. The highest BCUT2D eigenvalue weighted by molar-refractivity contribution is 7.80. The quantitative estimate of drug-likeness (QED) is 0.240. The number of aryl methyl sites for hydroxylation is 1. The van der Waals surface area contributed by atoms with Gasteiger partial charge < -0.3 is 14.8 Å². The summed E-state index contributed by atoms with van der Waals surface area (Å²) in [5.41, 5.74) is 8.23. The highest BCUT2D eigenvalue weighted by Gasteiger charge is 2.42. The van der Waals surface area contributed by atoms with E-state index >= 15 is 0 Å². The van der Waals surface area contributed by atoms with E-state index in [-0.39, 0.29) is 12.1 Å². The summed E-state index contributed by atoms with van der Waals surface area (Å²) in [5.74, 6) is 0.476. The van der Waals surface area contributed by atoms with E-state index in [0.717, 1.165) is 16.5 Å². The molecule has 3 aromatic carbocycles. The van der Waals surface area contributed by atoms with Crippen molar-refractivity contribution in [2.75, 3.05) is 4.90 Å². The summed E-state index contributed by atoms with van der Waals surface area (Å²) in [6.45, 7) is 8.86. The van der Waals surface area contributed by atoms with Crippen LogP contribution in [0, 0.1) is 13.8 Å². The first-order valence-corrected chi connectivity index (χ1v) is 13.6. The summed E-state index contributed by atoms with van der Waals surface area (Å²) in [4.78, 5) is 7.01. The van der Waals surface area contributed by atoms with Crippen LogP contribution < -0.4 is 10.2 Å². The molecule has 3 heterocycles. The lowest BCUT2D eigenvalue weighted by Gasteiger charge is -2.28. The molecule has 5 heteroatoms. The second-order valence-corrected chi connectivity index (χ2v) is 10.8. The molecule has 0 radical (unpaired) electrons. The Bertz CT molecular complexity index is 1610. The molecule has 38 heavy (non-hydrogen) atoms. The van der Waals surface area contributed by atoms with Gasteiger partial charge in [-0.05, 0) is 84.9 Å². The lowest BCUT2D eigenvalue weighted by Crippen LogP contribution is -2.29. The van der Waals surface area contributed by atoms with Gasteiger partial charge in [0.05, 0.1) is 23.5 Å². The molecule has 6 rings (SSSR count). The van der Waals surface area contributed by atoms with Crippen molar-refractivity contribution in [2.45, 2.75) is 45.7 Å². The van der Waals surface area contributed by atoms with Crippen LogP contribution in [0.25, 0.3) is 16.5 Å². The van der Waals surface area contributed by atoms with Crippen molar-refractivity contribution in [3.63, 3.8) is 0 Å². The lowest BCUT2D eigenvalue weighted by molar-refractivity contribution is 0.565. The zero-order valence-electron chi connectivity index (χ0n) is 22.2. The summed E-state index contributed by atoms with van der Waals surface area (Å²) in [7, 11) is 0. The Morgan fingerprint density at radius 3 is 2.34 bits per heavy atom. The Hall–Kier alpha value is -3.96. The fourth-order valence-electron chi connectivity index (χ4n) is 5.83. The number of fused-ring (bicyclic) bond motifs is 1. The molecule has 0 aliphatic carbocycles. The van der Waals surface area contributed by atoms with Crippen LogP contribution in [0.15, 0.2) is 97.2 Å². The third kappa shape index (κ3) is 4.07. The van der Waals surface area contributed by atoms with Crippen molar-refractivity contribution >= 4 is 33.8 Å². The fraction of sp³-hybridized carbons (Fsp3) is 0.212. The first kappa shape index (κ1) is 24.4.